The molecule has 3 fully saturated rings. The Morgan fingerprint density at radius 3 is 2.79 bits per heavy atom. The van der Waals surface area contributed by atoms with Gasteiger partial charge in [0.2, 0.25) is 10.0 Å². The second-order valence-electron chi connectivity index (χ2n) is 7.48. The molecule has 0 amide bonds. The van der Waals surface area contributed by atoms with Crippen molar-refractivity contribution in [2.24, 2.45) is 5.92 Å². The normalized spacial score (nSPS) is 26.8. The smallest absolute Gasteiger partial charge is 0.214 e. The molecular weight excluding hydrogens is 344 g/mol. The van der Waals surface area contributed by atoms with Crippen LogP contribution >= 0.6 is 11.3 Å². The highest BCUT2D eigenvalue weighted by atomic mass is 32.2. The maximum Gasteiger partial charge on any atom is 0.214 e. The highest BCUT2D eigenvalue weighted by Gasteiger charge is 2.52. The van der Waals surface area contributed by atoms with Crippen LogP contribution in [-0.4, -0.2) is 50.4 Å². The summed E-state index contributed by atoms with van der Waals surface area (Å²) in [6.07, 6.45) is 3.58. The Labute approximate surface area is 148 Å². The van der Waals surface area contributed by atoms with Crippen LogP contribution in [0.3, 0.4) is 0 Å². The third-order valence-electron chi connectivity index (χ3n) is 5.52. The zero-order valence-electron chi connectivity index (χ0n) is 14.2. The van der Waals surface area contributed by atoms with Crippen molar-refractivity contribution >= 4 is 21.4 Å². The Bertz CT molecular complexity index is 690. The van der Waals surface area contributed by atoms with Gasteiger partial charge in [-0.2, -0.15) is 0 Å². The number of hydrogen-bond acceptors (Lipinski definition) is 5. The van der Waals surface area contributed by atoms with Gasteiger partial charge in [0, 0.05) is 42.5 Å². The van der Waals surface area contributed by atoms with E-state index in [-0.39, 0.29) is 10.9 Å². The molecule has 1 N–H and O–H groups in total. The molecule has 3 heterocycles. The second kappa shape index (κ2) is 6.36. The minimum atomic E-state index is -3.05. The summed E-state index contributed by atoms with van der Waals surface area (Å²) < 4.78 is 32.7. The Hall–Kier alpha value is -0.470. The lowest BCUT2D eigenvalue weighted by molar-refractivity contribution is -0.136. The van der Waals surface area contributed by atoms with E-state index in [9.17, 15) is 8.42 Å². The first-order valence-electron chi connectivity index (χ1n) is 8.87. The fraction of sp³-hybridized carbons (Fsp3) is 0.765. The Morgan fingerprint density at radius 2 is 2.12 bits per heavy atom. The molecule has 1 aromatic heterocycles. The summed E-state index contributed by atoms with van der Waals surface area (Å²) in [4.78, 5) is 5.21. The van der Waals surface area contributed by atoms with E-state index in [2.05, 4.69) is 28.7 Å². The van der Waals surface area contributed by atoms with Gasteiger partial charge < -0.3 is 4.74 Å². The molecular formula is C17H26N2O3S2. The maximum atomic E-state index is 11.9. The number of nitrogens with zero attached hydrogens (tertiary/aromatic N) is 1. The third-order valence-corrected chi connectivity index (χ3v) is 8.46. The van der Waals surface area contributed by atoms with Crippen LogP contribution in [0.5, 0.6) is 0 Å². The molecule has 1 aromatic rings. The van der Waals surface area contributed by atoms with E-state index in [0.717, 1.165) is 51.9 Å². The number of rotatable bonds is 7. The summed E-state index contributed by atoms with van der Waals surface area (Å²) in [7, 11) is -3.05. The third kappa shape index (κ3) is 3.42. The van der Waals surface area contributed by atoms with E-state index in [4.69, 9.17) is 4.74 Å². The van der Waals surface area contributed by atoms with Crippen molar-refractivity contribution < 1.29 is 13.2 Å². The highest BCUT2D eigenvalue weighted by Crippen LogP contribution is 2.42. The lowest BCUT2D eigenvalue weighted by Gasteiger charge is -2.50. The van der Waals surface area contributed by atoms with E-state index in [1.807, 2.05) is 11.3 Å². The average molecular weight is 371 g/mol. The van der Waals surface area contributed by atoms with Gasteiger partial charge in [-0.25, -0.2) is 13.1 Å². The van der Waals surface area contributed by atoms with Gasteiger partial charge in [-0.1, -0.05) is 0 Å². The highest BCUT2D eigenvalue weighted by molar-refractivity contribution is 7.90. The molecule has 1 saturated carbocycles. The Kier molecular flexibility index (Phi) is 4.50. The van der Waals surface area contributed by atoms with Gasteiger partial charge in [-0.05, 0) is 50.7 Å². The number of hydrogen-bond donors (Lipinski definition) is 1. The van der Waals surface area contributed by atoms with Gasteiger partial charge in [0.05, 0.1) is 10.9 Å². The van der Waals surface area contributed by atoms with Crippen LogP contribution in [0.4, 0.5) is 0 Å². The van der Waals surface area contributed by atoms with E-state index >= 15 is 0 Å². The van der Waals surface area contributed by atoms with E-state index in [0.29, 0.717) is 12.5 Å². The topological polar surface area (TPSA) is 58.6 Å². The zero-order chi connectivity index (χ0) is 16.8. The molecule has 2 aliphatic heterocycles. The monoisotopic (exact) mass is 370 g/mol. The number of ether oxygens (including phenoxy) is 1. The van der Waals surface area contributed by atoms with Crippen molar-refractivity contribution in [3.8, 4) is 0 Å². The van der Waals surface area contributed by atoms with Crippen LogP contribution in [0.1, 0.15) is 35.4 Å². The van der Waals surface area contributed by atoms with Gasteiger partial charge in [-0.3, -0.25) is 4.90 Å². The molecule has 3 aliphatic rings. The minimum absolute atomic E-state index is 0.0304. The average Bonchev–Trinajstić information content (AvgIpc) is 3.17. The first kappa shape index (κ1) is 17.0. The summed E-state index contributed by atoms with van der Waals surface area (Å²) in [5.74, 6) is 0.473. The van der Waals surface area contributed by atoms with Crippen LogP contribution < -0.4 is 4.72 Å². The van der Waals surface area contributed by atoms with Gasteiger partial charge in [0.15, 0.2) is 0 Å². The molecule has 134 valence electrons. The van der Waals surface area contributed by atoms with Gasteiger partial charge in [0.25, 0.3) is 0 Å². The molecule has 5 nitrogen and oxygen atoms in total. The summed E-state index contributed by atoms with van der Waals surface area (Å²) >= 11 is 1.86. The van der Waals surface area contributed by atoms with E-state index < -0.39 is 10.0 Å². The summed E-state index contributed by atoms with van der Waals surface area (Å²) in [6.45, 7) is 6.47. The molecule has 1 aliphatic carbocycles. The standard InChI is InChI=1S/C17H26N2O3S2/c1-13-2-3-15(23-13)10-19-11-17(12-19)14(7-9-22-17)6-8-18-24(20,21)16-4-5-16/h2-3,14,16,18H,4-12H2,1H3/t14-/m1/s1. The molecule has 24 heavy (non-hydrogen) atoms. The minimum Gasteiger partial charge on any atom is -0.372 e. The number of thiophene rings is 1. The van der Waals surface area contributed by atoms with Crippen LogP contribution in [0.2, 0.25) is 0 Å². The first-order valence-corrected chi connectivity index (χ1v) is 11.2. The predicted molar refractivity (Wildman–Crippen MR) is 95.7 cm³/mol. The zero-order valence-corrected chi connectivity index (χ0v) is 15.8. The Morgan fingerprint density at radius 1 is 1.33 bits per heavy atom. The maximum absolute atomic E-state index is 11.9. The van der Waals surface area contributed by atoms with Crippen LogP contribution in [0, 0.1) is 12.8 Å². The van der Waals surface area contributed by atoms with Crippen molar-refractivity contribution in [3.05, 3.63) is 21.9 Å². The van der Waals surface area contributed by atoms with Crippen LogP contribution in [0.15, 0.2) is 12.1 Å². The molecule has 0 radical (unpaired) electrons. The second-order valence-corrected chi connectivity index (χ2v) is 10.9. The summed E-state index contributed by atoms with van der Waals surface area (Å²) in [6, 6.07) is 4.39. The Balaban J connectivity index is 1.26. The molecule has 0 bridgehead atoms. The molecule has 0 unspecified atom stereocenters. The number of sulfonamides is 1. The molecule has 4 rings (SSSR count). The summed E-state index contributed by atoms with van der Waals surface area (Å²) in [5.41, 5.74) is -0.0304. The van der Waals surface area contributed by atoms with E-state index in [1.165, 1.54) is 9.75 Å². The summed E-state index contributed by atoms with van der Waals surface area (Å²) in [5, 5.41) is -0.125. The number of nitrogens with one attached hydrogen (secondary N) is 1. The van der Waals surface area contributed by atoms with Crippen molar-refractivity contribution in [1.29, 1.82) is 0 Å². The molecule has 1 spiro atoms. The van der Waals surface area contributed by atoms with Crippen LogP contribution in [0.25, 0.3) is 0 Å². The van der Waals surface area contributed by atoms with Crippen LogP contribution in [-0.2, 0) is 21.3 Å². The van der Waals surface area contributed by atoms with Crippen molar-refractivity contribution in [2.75, 3.05) is 26.2 Å². The molecule has 1 atom stereocenters. The van der Waals surface area contributed by atoms with Crippen molar-refractivity contribution in [2.45, 2.75) is 50.0 Å². The number of aryl methyl sites for hydroxylation is 1. The van der Waals surface area contributed by atoms with Crippen molar-refractivity contribution in [3.63, 3.8) is 0 Å². The fourth-order valence-corrected chi connectivity index (χ4v) is 6.35. The predicted octanol–water partition coefficient (Wildman–Crippen LogP) is 2.12. The lowest BCUT2D eigenvalue weighted by Crippen LogP contribution is -2.64. The largest absolute Gasteiger partial charge is 0.372 e. The number of likely N-dealkylation sites (tertiary alicyclic amines) is 1. The molecule has 7 heteroatoms. The van der Waals surface area contributed by atoms with Crippen molar-refractivity contribution in [1.82, 2.24) is 9.62 Å². The first-order chi connectivity index (χ1) is 11.5. The van der Waals surface area contributed by atoms with E-state index in [1.54, 1.807) is 0 Å². The quantitative estimate of drug-likeness (QED) is 0.799. The van der Waals surface area contributed by atoms with Gasteiger partial charge >= 0.3 is 0 Å². The van der Waals surface area contributed by atoms with Gasteiger partial charge in [0.1, 0.15) is 0 Å². The molecule has 0 aromatic carbocycles. The molecule has 2 saturated heterocycles. The van der Waals surface area contributed by atoms with Gasteiger partial charge in [-0.15, -0.1) is 11.3 Å². The lowest BCUT2D eigenvalue weighted by atomic mass is 9.79. The SMILES string of the molecule is Cc1ccc(CN2CC3(C2)OCC[C@H]3CCNS(=O)(=O)C2CC2)s1. The fourth-order valence-electron chi connectivity index (χ4n) is 4.03.